The Bertz CT molecular complexity index is 1040. The van der Waals surface area contributed by atoms with Crippen LogP contribution in [0.3, 0.4) is 0 Å². The van der Waals surface area contributed by atoms with Gasteiger partial charge in [0.25, 0.3) is 0 Å². The van der Waals surface area contributed by atoms with Crippen molar-refractivity contribution < 1.29 is 9.59 Å². The second-order valence-electron chi connectivity index (χ2n) is 8.63. The molecule has 2 atom stereocenters. The molecule has 0 aliphatic carbocycles. The number of amides is 2. The average molecular weight is 475 g/mol. The van der Waals surface area contributed by atoms with E-state index in [-0.39, 0.29) is 23.6 Å². The molecule has 34 heavy (non-hydrogen) atoms. The summed E-state index contributed by atoms with van der Waals surface area (Å²) in [4.78, 5) is 29.9. The number of carbonyl (C=O) groups is 2. The molecule has 0 fully saturated rings. The molecule has 0 saturated heterocycles. The lowest BCUT2D eigenvalue weighted by atomic mass is 10.0. The maximum absolute atomic E-state index is 13.6. The Hall–Kier alpha value is -3.05. The van der Waals surface area contributed by atoms with Crippen molar-refractivity contribution in [1.82, 2.24) is 10.2 Å². The predicted octanol–water partition coefficient (Wildman–Crippen LogP) is 5.64. The van der Waals surface area contributed by atoms with E-state index in [4.69, 9.17) is 0 Å². The fourth-order valence-electron chi connectivity index (χ4n) is 3.63. The first-order valence-electron chi connectivity index (χ1n) is 11.8. The maximum atomic E-state index is 13.6. The smallest absolute Gasteiger partial charge is 0.243 e. The first-order chi connectivity index (χ1) is 16.5. The third-order valence-electron chi connectivity index (χ3n) is 5.85. The molecule has 4 nitrogen and oxygen atoms in total. The van der Waals surface area contributed by atoms with Crippen LogP contribution in [0, 0.1) is 6.92 Å². The minimum Gasteiger partial charge on any atom is -0.352 e. The topological polar surface area (TPSA) is 49.4 Å². The molecule has 0 saturated carbocycles. The average Bonchev–Trinajstić information content (AvgIpc) is 2.87. The van der Waals surface area contributed by atoms with Crippen LogP contribution in [-0.4, -0.2) is 34.6 Å². The standard InChI is InChI=1S/C29H34N2O2S/c1-4-23(3)30-29(33)27(19-24-11-7-5-8-12-24)31(20-25-17-15-22(2)16-18-25)28(32)21-34-26-13-9-6-10-14-26/h5-18,23,27H,4,19-21H2,1-3H3,(H,30,33)/t23-,27-/m0/s1. The summed E-state index contributed by atoms with van der Waals surface area (Å²) in [7, 11) is 0. The second kappa shape index (κ2) is 13.0. The van der Waals surface area contributed by atoms with Crippen molar-refractivity contribution in [1.29, 1.82) is 0 Å². The van der Waals surface area contributed by atoms with Crippen molar-refractivity contribution in [3.05, 3.63) is 102 Å². The summed E-state index contributed by atoms with van der Waals surface area (Å²) in [6, 6.07) is 27.4. The monoisotopic (exact) mass is 474 g/mol. The van der Waals surface area contributed by atoms with Gasteiger partial charge < -0.3 is 10.2 Å². The van der Waals surface area contributed by atoms with Crippen molar-refractivity contribution in [2.24, 2.45) is 0 Å². The third-order valence-corrected chi connectivity index (χ3v) is 6.85. The van der Waals surface area contributed by atoms with Crippen molar-refractivity contribution in [2.75, 3.05) is 5.75 Å². The molecular formula is C29H34N2O2S. The molecule has 0 aliphatic rings. The van der Waals surface area contributed by atoms with Crippen LogP contribution in [0.2, 0.25) is 0 Å². The predicted molar refractivity (Wildman–Crippen MR) is 141 cm³/mol. The minimum absolute atomic E-state index is 0.0424. The van der Waals surface area contributed by atoms with E-state index in [1.54, 1.807) is 4.90 Å². The number of carbonyl (C=O) groups excluding carboxylic acids is 2. The van der Waals surface area contributed by atoms with Crippen molar-refractivity contribution in [3.63, 3.8) is 0 Å². The van der Waals surface area contributed by atoms with Crippen LogP contribution in [-0.2, 0) is 22.6 Å². The maximum Gasteiger partial charge on any atom is 0.243 e. The Morgan fingerprint density at radius 3 is 2.12 bits per heavy atom. The van der Waals surface area contributed by atoms with E-state index in [1.165, 1.54) is 11.8 Å². The number of thioether (sulfide) groups is 1. The highest BCUT2D eigenvalue weighted by Gasteiger charge is 2.30. The van der Waals surface area contributed by atoms with Crippen LogP contribution in [0.1, 0.15) is 37.0 Å². The summed E-state index contributed by atoms with van der Waals surface area (Å²) in [5.74, 6) is 0.121. The fourth-order valence-corrected chi connectivity index (χ4v) is 4.44. The van der Waals surface area contributed by atoms with E-state index in [1.807, 2.05) is 106 Å². The van der Waals surface area contributed by atoms with Crippen LogP contribution in [0.15, 0.2) is 89.8 Å². The first-order valence-corrected chi connectivity index (χ1v) is 12.8. The van der Waals surface area contributed by atoms with Crippen molar-refractivity contribution in [3.8, 4) is 0 Å². The van der Waals surface area contributed by atoms with E-state index in [0.717, 1.165) is 28.0 Å². The SMILES string of the molecule is CC[C@H](C)NC(=O)[C@H](Cc1ccccc1)N(Cc1ccc(C)cc1)C(=O)CSc1ccccc1. The van der Waals surface area contributed by atoms with E-state index in [2.05, 4.69) is 5.32 Å². The molecule has 0 radical (unpaired) electrons. The molecule has 1 N–H and O–H groups in total. The van der Waals surface area contributed by atoms with Crippen LogP contribution in [0.5, 0.6) is 0 Å². The summed E-state index contributed by atoms with van der Waals surface area (Å²) in [6.45, 7) is 6.47. The zero-order valence-corrected chi connectivity index (χ0v) is 21.1. The van der Waals surface area contributed by atoms with E-state index in [0.29, 0.717) is 13.0 Å². The fraction of sp³-hybridized carbons (Fsp3) is 0.310. The van der Waals surface area contributed by atoms with Crippen LogP contribution < -0.4 is 5.32 Å². The number of nitrogens with zero attached hydrogens (tertiary/aromatic N) is 1. The van der Waals surface area contributed by atoms with Gasteiger partial charge in [-0.3, -0.25) is 9.59 Å². The van der Waals surface area contributed by atoms with E-state index < -0.39 is 6.04 Å². The van der Waals surface area contributed by atoms with E-state index in [9.17, 15) is 9.59 Å². The Balaban J connectivity index is 1.90. The van der Waals surface area contributed by atoms with Gasteiger partial charge in [-0.25, -0.2) is 0 Å². The van der Waals surface area contributed by atoms with Gasteiger partial charge in [0, 0.05) is 23.9 Å². The molecule has 0 heterocycles. The summed E-state index contributed by atoms with van der Waals surface area (Å²) in [5, 5.41) is 3.11. The molecule has 0 aliphatic heterocycles. The molecule has 2 amide bonds. The summed E-state index contributed by atoms with van der Waals surface area (Å²) < 4.78 is 0. The molecule has 3 aromatic rings. The van der Waals surface area contributed by atoms with Crippen LogP contribution >= 0.6 is 11.8 Å². The summed E-state index contributed by atoms with van der Waals surface area (Å²) in [5.41, 5.74) is 3.21. The Morgan fingerprint density at radius 1 is 0.882 bits per heavy atom. The highest BCUT2D eigenvalue weighted by Crippen LogP contribution is 2.21. The second-order valence-corrected chi connectivity index (χ2v) is 9.68. The molecule has 178 valence electrons. The number of rotatable bonds is 11. The lowest BCUT2D eigenvalue weighted by Crippen LogP contribution is -2.52. The molecule has 0 spiro atoms. The minimum atomic E-state index is -0.596. The summed E-state index contributed by atoms with van der Waals surface area (Å²) in [6.07, 6.45) is 1.30. The van der Waals surface area contributed by atoms with Gasteiger partial charge in [0.1, 0.15) is 6.04 Å². The van der Waals surface area contributed by atoms with E-state index >= 15 is 0 Å². The van der Waals surface area contributed by atoms with Gasteiger partial charge in [-0.15, -0.1) is 11.8 Å². The first kappa shape index (κ1) is 25.6. The quantitative estimate of drug-likeness (QED) is 0.366. The van der Waals surface area contributed by atoms with Gasteiger partial charge >= 0.3 is 0 Å². The van der Waals surface area contributed by atoms with Gasteiger partial charge in [-0.1, -0.05) is 85.3 Å². The van der Waals surface area contributed by atoms with Gasteiger partial charge in [0.05, 0.1) is 5.75 Å². The molecule has 0 unspecified atom stereocenters. The molecule has 3 aromatic carbocycles. The normalized spacial score (nSPS) is 12.6. The Labute approximate surface area is 207 Å². The highest BCUT2D eigenvalue weighted by molar-refractivity contribution is 8.00. The Kier molecular flexibility index (Phi) is 9.77. The van der Waals surface area contributed by atoms with Gasteiger partial charge in [-0.2, -0.15) is 0 Å². The third kappa shape index (κ3) is 7.77. The lowest BCUT2D eigenvalue weighted by Gasteiger charge is -2.32. The number of aryl methyl sites for hydroxylation is 1. The molecule has 0 aromatic heterocycles. The molecule has 3 rings (SSSR count). The number of benzene rings is 3. The Morgan fingerprint density at radius 2 is 1.50 bits per heavy atom. The molecule has 5 heteroatoms. The van der Waals surface area contributed by atoms with Crippen molar-refractivity contribution >= 4 is 23.6 Å². The largest absolute Gasteiger partial charge is 0.352 e. The van der Waals surface area contributed by atoms with Crippen molar-refractivity contribution in [2.45, 2.75) is 57.1 Å². The van der Waals surface area contributed by atoms with Gasteiger partial charge in [-0.05, 0) is 43.5 Å². The van der Waals surface area contributed by atoms with Gasteiger partial charge in [0.15, 0.2) is 0 Å². The number of hydrogen-bond donors (Lipinski definition) is 1. The summed E-state index contributed by atoms with van der Waals surface area (Å²) >= 11 is 1.50. The molecular weight excluding hydrogens is 440 g/mol. The zero-order chi connectivity index (χ0) is 24.3. The lowest BCUT2D eigenvalue weighted by molar-refractivity contribution is -0.139. The van der Waals surface area contributed by atoms with Crippen LogP contribution in [0.4, 0.5) is 0 Å². The number of nitrogens with one attached hydrogen (secondary N) is 1. The highest BCUT2D eigenvalue weighted by atomic mass is 32.2. The van der Waals surface area contributed by atoms with Gasteiger partial charge in [0.2, 0.25) is 11.8 Å². The van der Waals surface area contributed by atoms with Crippen LogP contribution in [0.25, 0.3) is 0 Å². The molecule has 0 bridgehead atoms. The number of hydrogen-bond acceptors (Lipinski definition) is 3. The zero-order valence-electron chi connectivity index (χ0n) is 20.2.